The molecule has 0 unspecified atom stereocenters. The highest BCUT2D eigenvalue weighted by molar-refractivity contribution is 8.15. The zero-order chi connectivity index (χ0) is 23.5. The van der Waals surface area contributed by atoms with Gasteiger partial charge in [-0.25, -0.2) is 0 Å². The molecule has 2 aromatic rings. The van der Waals surface area contributed by atoms with Gasteiger partial charge >= 0.3 is 0 Å². The van der Waals surface area contributed by atoms with Crippen molar-refractivity contribution in [1.29, 1.82) is 0 Å². The summed E-state index contributed by atoms with van der Waals surface area (Å²) in [5.41, 5.74) is 2.43. The van der Waals surface area contributed by atoms with Crippen LogP contribution in [-0.4, -0.2) is 39.0 Å². The van der Waals surface area contributed by atoms with E-state index in [-0.39, 0.29) is 16.0 Å². The van der Waals surface area contributed by atoms with E-state index < -0.39 is 0 Å². The summed E-state index contributed by atoms with van der Waals surface area (Å²) >= 11 is 5.78. The molecule has 168 valence electrons. The minimum Gasteiger partial charge on any atom is -0.289 e. The van der Waals surface area contributed by atoms with Crippen molar-refractivity contribution in [3.8, 4) is 0 Å². The first-order valence-electron chi connectivity index (χ1n) is 9.94. The van der Waals surface area contributed by atoms with Gasteiger partial charge < -0.3 is 0 Å². The van der Waals surface area contributed by atoms with E-state index in [0.717, 1.165) is 27.0 Å². The molecule has 0 spiro atoms. The van der Waals surface area contributed by atoms with Gasteiger partial charge in [0.2, 0.25) is 10.2 Å². The molecule has 3 nitrogen and oxygen atoms in total. The maximum atomic E-state index is 13.1. The molecule has 2 aromatic carbocycles. The summed E-state index contributed by atoms with van der Waals surface area (Å²) in [6, 6.07) is 15.1. The van der Waals surface area contributed by atoms with Gasteiger partial charge in [-0.2, -0.15) is 0 Å². The third kappa shape index (κ3) is 8.70. The van der Waals surface area contributed by atoms with Crippen LogP contribution < -0.4 is 0 Å². The van der Waals surface area contributed by atoms with Gasteiger partial charge in [0.25, 0.3) is 0 Å². The zero-order valence-electron chi connectivity index (χ0n) is 18.2. The Morgan fingerprint density at radius 2 is 1.25 bits per heavy atom. The quantitative estimate of drug-likeness (QED) is 0.137. The zero-order valence-corrected chi connectivity index (χ0v) is 21.5. The highest BCUT2D eigenvalue weighted by Crippen LogP contribution is 2.27. The molecule has 7 heteroatoms. The Hall–Kier alpha value is -1.67. The molecule has 32 heavy (non-hydrogen) atoms. The molecule has 0 N–H and O–H groups in total. The topological polar surface area (TPSA) is 51.2 Å². The first kappa shape index (κ1) is 26.6. The fourth-order valence-corrected chi connectivity index (χ4v) is 5.94. The second kappa shape index (κ2) is 13.8. The van der Waals surface area contributed by atoms with Gasteiger partial charge in [-0.3, -0.25) is 14.4 Å². The third-order valence-electron chi connectivity index (χ3n) is 4.10. The van der Waals surface area contributed by atoms with Crippen molar-refractivity contribution < 1.29 is 14.4 Å². The van der Waals surface area contributed by atoms with E-state index in [4.69, 9.17) is 0 Å². The molecule has 0 amide bonds. The van der Waals surface area contributed by atoms with Crippen LogP contribution in [-0.2, 0) is 9.59 Å². The normalized spacial score (nSPS) is 10.6. The van der Waals surface area contributed by atoms with Gasteiger partial charge in [0.05, 0.1) is 0 Å². The minimum atomic E-state index is -0.0158. The number of hydrogen-bond donors (Lipinski definition) is 0. The van der Waals surface area contributed by atoms with Gasteiger partial charge in [-0.1, -0.05) is 48.8 Å². The Morgan fingerprint density at radius 3 is 1.81 bits per heavy atom. The lowest BCUT2D eigenvalue weighted by molar-refractivity contribution is -0.108. The van der Waals surface area contributed by atoms with Crippen LogP contribution in [0, 0.1) is 0 Å². The highest BCUT2D eigenvalue weighted by Gasteiger charge is 2.14. The Balaban J connectivity index is 1.92. The number of thioether (sulfide) groups is 4. The maximum absolute atomic E-state index is 13.1. The van der Waals surface area contributed by atoms with Crippen molar-refractivity contribution in [2.75, 3.05) is 23.0 Å². The van der Waals surface area contributed by atoms with Crippen LogP contribution in [0.3, 0.4) is 0 Å². The largest absolute Gasteiger partial charge is 0.289 e. The van der Waals surface area contributed by atoms with Gasteiger partial charge in [0.15, 0.2) is 5.78 Å². The molecule has 0 aliphatic rings. The second-order valence-electron chi connectivity index (χ2n) is 6.88. The first-order valence-corrected chi connectivity index (χ1v) is 13.9. The number of carbonyl (C=O) groups excluding carboxylic acids is 3. The third-order valence-corrected chi connectivity index (χ3v) is 8.75. The van der Waals surface area contributed by atoms with Crippen molar-refractivity contribution in [2.45, 2.75) is 23.6 Å². The van der Waals surface area contributed by atoms with E-state index in [1.165, 1.54) is 23.5 Å². The summed E-state index contributed by atoms with van der Waals surface area (Å²) in [4.78, 5) is 38.3. The monoisotopic (exact) mass is 502 g/mol. The summed E-state index contributed by atoms with van der Waals surface area (Å²) in [5, 5.41) is 0.0398. The van der Waals surface area contributed by atoms with Crippen LogP contribution in [0.15, 0.2) is 82.6 Å². The average molecular weight is 503 g/mol. The Bertz CT molecular complexity index is 997. The molecule has 0 fully saturated rings. The van der Waals surface area contributed by atoms with Gasteiger partial charge in [-0.15, -0.1) is 23.5 Å². The highest BCUT2D eigenvalue weighted by atomic mass is 32.2. The van der Waals surface area contributed by atoms with E-state index in [1.807, 2.05) is 48.5 Å². The average Bonchev–Trinajstić information content (AvgIpc) is 2.79. The molecular formula is C25H26O3S4. The number of ketones is 1. The summed E-state index contributed by atoms with van der Waals surface area (Å²) < 4.78 is 0. The van der Waals surface area contributed by atoms with Crippen LogP contribution in [0.5, 0.6) is 0 Å². The van der Waals surface area contributed by atoms with Crippen molar-refractivity contribution in [2.24, 2.45) is 0 Å². The van der Waals surface area contributed by atoms with Crippen LogP contribution in [0.2, 0.25) is 0 Å². The van der Waals surface area contributed by atoms with Crippen molar-refractivity contribution >= 4 is 63.1 Å². The van der Waals surface area contributed by atoms with E-state index in [2.05, 4.69) is 13.2 Å². The molecule has 2 rings (SSSR count). The summed E-state index contributed by atoms with van der Waals surface area (Å²) in [6.45, 7) is 10.7. The number of rotatable bonds is 12. The van der Waals surface area contributed by atoms with Gasteiger partial charge in [0, 0.05) is 43.9 Å². The van der Waals surface area contributed by atoms with Gasteiger partial charge in [-0.05, 0) is 61.4 Å². The van der Waals surface area contributed by atoms with E-state index in [1.54, 1.807) is 37.4 Å². The molecule has 0 aliphatic carbocycles. The maximum Gasteiger partial charge on any atom is 0.214 e. The first-order chi connectivity index (χ1) is 15.3. The predicted molar refractivity (Wildman–Crippen MR) is 142 cm³/mol. The van der Waals surface area contributed by atoms with E-state index in [9.17, 15) is 14.4 Å². The predicted octanol–water partition coefficient (Wildman–Crippen LogP) is 6.77. The smallest absolute Gasteiger partial charge is 0.214 e. The molecule has 0 aliphatic heterocycles. The Kier molecular flexibility index (Phi) is 11.4. The molecule has 0 bridgehead atoms. The van der Waals surface area contributed by atoms with Crippen LogP contribution >= 0.6 is 47.0 Å². The number of hydrogen-bond acceptors (Lipinski definition) is 7. The molecular weight excluding hydrogens is 477 g/mol. The fourth-order valence-electron chi connectivity index (χ4n) is 2.46. The number of benzene rings is 2. The standard InChI is InChI=1S/C25H26O3S4/c1-17(2)24(27)31-15-13-29-20-11-9-19(10-12-20)23(26)21-7-5-6-8-22(21)30-14-16-32-25(28)18(3)4/h5-12H,1,3,13-16H2,2,4H3. The lowest BCUT2D eigenvalue weighted by atomic mass is 10.0. The van der Waals surface area contributed by atoms with Crippen LogP contribution in [0.1, 0.15) is 29.8 Å². The minimum absolute atomic E-state index is 0.00827. The fraction of sp³-hybridized carbons (Fsp3) is 0.240. The Labute approximate surface area is 207 Å². The molecule has 0 atom stereocenters. The summed E-state index contributed by atoms with van der Waals surface area (Å²) in [7, 11) is 0. The second-order valence-corrected chi connectivity index (χ2v) is 11.3. The lowest BCUT2D eigenvalue weighted by Gasteiger charge is -2.09. The van der Waals surface area contributed by atoms with Gasteiger partial charge in [0.1, 0.15) is 0 Å². The molecule has 0 saturated carbocycles. The van der Waals surface area contributed by atoms with Crippen LogP contribution in [0.25, 0.3) is 0 Å². The molecule has 0 saturated heterocycles. The van der Waals surface area contributed by atoms with Crippen molar-refractivity contribution in [3.63, 3.8) is 0 Å². The Morgan fingerprint density at radius 1 is 0.719 bits per heavy atom. The molecule has 0 radical (unpaired) electrons. The van der Waals surface area contributed by atoms with E-state index >= 15 is 0 Å². The van der Waals surface area contributed by atoms with Crippen molar-refractivity contribution in [1.82, 2.24) is 0 Å². The van der Waals surface area contributed by atoms with Crippen molar-refractivity contribution in [3.05, 3.63) is 84.0 Å². The van der Waals surface area contributed by atoms with Crippen LogP contribution in [0.4, 0.5) is 0 Å². The lowest BCUT2D eigenvalue weighted by Crippen LogP contribution is -2.03. The SMILES string of the molecule is C=C(C)C(=O)SCCSc1ccc(C(=O)c2ccccc2SCCSC(=O)C(=C)C)cc1. The van der Waals surface area contributed by atoms with E-state index in [0.29, 0.717) is 28.0 Å². The summed E-state index contributed by atoms with van der Waals surface area (Å²) in [5.74, 6) is 2.91. The molecule has 0 aromatic heterocycles. The number of carbonyl (C=O) groups is 3. The molecule has 0 heterocycles. The summed E-state index contributed by atoms with van der Waals surface area (Å²) in [6.07, 6.45) is 0.